The Labute approximate surface area is 300 Å². The molecule has 4 fully saturated rings. The summed E-state index contributed by atoms with van der Waals surface area (Å²) in [7, 11) is 2.95. The maximum atomic E-state index is 13.5. The van der Waals surface area contributed by atoms with Crippen LogP contribution in [0.2, 0.25) is 0 Å². The van der Waals surface area contributed by atoms with Crippen molar-refractivity contribution in [3.05, 3.63) is 72.6 Å². The molecule has 4 aromatic rings. The number of carbonyl (C=O) groups is 4. The fraction of sp³-hybridized carbons (Fsp3) is 0.421. The van der Waals surface area contributed by atoms with Gasteiger partial charge in [0.05, 0.1) is 35.9 Å². The molecule has 4 amide bonds. The Balaban J connectivity index is 0.926. The van der Waals surface area contributed by atoms with Crippen molar-refractivity contribution < 1.29 is 29.4 Å². The fourth-order valence-electron chi connectivity index (χ4n) is 8.10. The molecule has 2 aromatic carbocycles. The molecule has 52 heavy (non-hydrogen) atoms. The summed E-state index contributed by atoms with van der Waals surface area (Å²) in [4.78, 5) is 72.3. The van der Waals surface area contributed by atoms with Gasteiger partial charge in [-0.1, -0.05) is 48.5 Å². The molecule has 0 bridgehead atoms. The Morgan fingerprint density at radius 3 is 1.31 bits per heavy atom. The number of H-pyrrole nitrogens is 2. The fourth-order valence-corrected chi connectivity index (χ4v) is 8.10. The second kappa shape index (κ2) is 12.5. The zero-order valence-electron chi connectivity index (χ0n) is 29.2. The quantitative estimate of drug-likeness (QED) is 0.170. The van der Waals surface area contributed by atoms with Crippen LogP contribution in [0.15, 0.2) is 60.9 Å². The number of amides is 4. The molecule has 4 N–H and O–H groups in total. The Morgan fingerprint density at radius 2 is 0.981 bits per heavy atom. The van der Waals surface area contributed by atoms with Crippen LogP contribution in [-0.2, 0) is 9.59 Å². The van der Waals surface area contributed by atoms with Gasteiger partial charge in [0.25, 0.3) is 0 Å². The minimum absolute atomic E-state index is 0.136. The van der Waals surface area contributed by atoms with E-state index < -0.39 is 23.3 Å². The molecule has 4 aliphatic rings. The summed E-state index contributed by atoms with van der Waals surface area (Å²) >= 11 is 0. The lowest BCUT2D eigenvalue weighted by atomic mass is 10.0. The number of benzene rings is 2. The number of likely N-dealkylation sites (N-methyl/N-ethyl adjacent to an activating group) is 2. The van der Waals surface area contributed by atoms with Crippen LogP contribution in [0.5, 0.6) is 0 Å². The largest absolute Gasteiger partial charge is 0.465 e. The maximum Gasteiger partial charge on any atom is 0.407 e. The third-order valence-corrected chi connectivity index (χ3v) is 11.7. The number of carbonyl (C=O) groups excluding carboxylic acids is 2. The summed E-state index contributed by atoms with van der Waals surface area (Å²) in [6, 6.07) is 15.9. The molecule has 0 radical (unpaired) electrons. The minimum Gasteiger partial charge on any atom is -0.465 e. The van der Waals surface area contributed by atoms with E-state index in [9.17, 15) is 29.4 Å². The van der Waals surface area contributed by atoms with Crippen LogP contribution in [0.1, 0.15) is 75.1 Å². The SMILES string of the molecule is CN(C(=O)O)C1(C(=O)N2CCC[C@H]2c2ncc(-c3ccc(-c4ccc(-c5cnc([C@@H]6CCCN6C(=O)C6(N(C)C(=O)O)CC6)[nH]5)cc4)cc3)[nH]2)CC1. The van der Waals surface area contributed by atoms with Gasteiger partial charge in [-0.05, 0) is 73.6 Å². The zero-order chi connectivity index (χ0) is 36.4. The summed E-state index contributed by atoms with van der Waals surface area (Å²) in [5.74, 6) is 1.15. The van der Waals surface area contributed by atoms with Gasteiger partial charge in [-0.2, -0.15) is 0 Å². The third-order valence-electron chi connectivity index (χ3n) is 11.7. The van der Waals surface area contributed by atoms with E-state index in [0.29, 0.717) is 50.4 Å². The van der Waals surface area contributed by atoms with Crippen LogP contribution in [-0.4, -0.2) is 112 Å². The summed E-state index contributed by atoms with van der Waals surface area (Å²) in [5, 5.41) is 19.0. The van der Waals surface area contributed by atoms with E-state index in [1.165, 1.54) is 14.1 Å². The second-order valence-corrected chi connectivity index (χ2v) is 14.6. The highest BCUT2D eigenvalue weighted by atomic mass is 16.4. The number of hydrogen-bond donors (Lipinski definition) is 4. The average molecular weight is 707 g/mol. The lowest BCUT2D eigenvalue weighted by Crippen LogP contribution is -2.51. The number of likely N-dealkylation sites (tertiary alicyclic amines) is 2. The van der Waals surface area contributed by atoms with Crippen molar-refractivity contribution in [2.75, 3.05) is 27.2 Å². The van der Waals surface area contributed by atoms with Gasteiger partial charge in [-0.3, -0.25) is 19.4 Å². The van der Waals surface area contributed by atoms with E-state index in [1.54, 1.807) is 22.2 Å². The van der Waals surface area contributed by atoms with E-state index in [0.717, 1.165) is 69.1 Å². The van der Waals surface area contributed by atoms with Gasteiger partial charge in [0, 0.05) is 27.2 Å². The molecule has 14 nitrogen and oxygen atoms in total. The van der Waals surface area contributed by atoms with Crippen LogP contribution in [0.4, 0.5) is 9.59 Å². The third kappa shape index (κ3) is 5.56. The second-order valence-electron chi connectivity index (χ2n) is 14.6. The van der Waals surface area contributed by atoms with Crippen LogP contribution < -0.4 is 0 Å². The number of aromatic amines is 2. The smallest absolute Gasteiger partial charge is 0.407 e. The number of nitrogens with zero attached hydrogens (tertiary/aromatic N) is 6. The highest BCUT2D eigenvalue weighted by Gasteiger charge is 2.59. The molecule has 0 unspecified atom stereocenters. The minimum atomic E-state index is -1.09. The first-order valence-electron chi connectivity index (χ1n) is 17.9. The molecule has 2 saturated heterocycles. The van der Waals surface area contributed by atoms with Crippen molar-refractivity contribution in [2.45, 2.75) is 74.5 Å². The van der Waals surface area contributed by atoms with Crippen LogP contribution in [0.25, 0.3) is 33.6 Å². The van der Waals surface area contributed by atoms with Gasteiger partial charge in [-0.15, -0.1) is 0 Å². The molecule has 2 aromatic heterocycles. The van der Waals surface area contributed by atoms with E-state index in [-0.39, 0.29) is 23.9 Å². The number of rotatable bonds is 9. The number of carboxylic acid groups (broad SMARTS) is 2. The van der Waals surface area contributed by atoms with Crippen molar-refractivity contribution in [2.24, 2.45) is 0 Å². The maximum absolute atomic E-state index is 13.5. The topological polar surface area (TPSA) is 179 Å². The van der Waals surface area contributed by atoms with E-state index in [1.807, 2.05) is 24.3 Å². The summed E-state index contributed by atoms with van der Waals surface area (Å²) < 4.78 is 0. The number of nitrogens with one attached hydrogen (secondary N) is 2. The summed E-state index contributed by atoms with van der Waals surface area (Å²) in [6.07, 6.45) is 6.77. The van der Waals surface area contributed by atoms with Gasteiger partial charge in [0.15, 0.2) is 0 Å². The molecule has 4 heterocycles. The predicted octanol–water partition coefficient (Wildman–Crippen LogP) is 5.75. The van der Waals surface area contributed by atoms with Crippen molar-refractivity contribution >= 4 is 24.0 Å². The molecular weight excluding hydrogens is 664 g/mol. The van der Waals surface area contributed by atoms with Crippen LogP contribution in [0.3, 0.4) is 0 Å². The van der Waals surface area contributed by atoms with Crippen molar-refractivity contribution in [1.82, 2.24) is 39.5 Å². The standard InChI is InChI=1S/C38H42N8O6/c1-43(35(49)50)37(15-16-37)33(47)45-19-3-5-29(45)31-39-21-27(41-31)25-11-7-23(8-12-25)24-9-13-26(14-10-24)28-22-40-32(42-28)30-6-4-20-46(30)34(48)38(17-18-38)44(2)36(51)52/h7-14,21-22,29-30H,3-6,15-20H2,1-2H3,(H,39,41)(H,40,42)(H,49,50)(H,51,52)/t29-,30-/m0/s1. The lowest BCUT2D eigenvalue weighted by Gasteiger charge is -2.31. The molecule has 2 aliphatic heterocycles. The molecule has 0 spiro atoms. The molecule has 2 aliphatic carbocycles. The monoisotopic (exact) mass is 706 g/mol. The average Bonchev–Trinajstić information content (AvgIpc) is 3.75. The first kappa shape index (κ1) is 33.5. The normalized spacial score (nSPS) is 21.2. The first-order valence-corrected chi connectivity index (χ1v) is 17.9. The molecule has 14 heteroatoms. The van der Waals surface area contributed by atoms with Gasteiger partial charge in [0.1, 0.15) is 22.7 Å². The van der Waals surface area contributed by atoms with E-state index in [4.69, 9.17) is 0 Å². The number of aromatic nitrogens is 4. The van der Waals surface area contributed by atoms with Gasteiger partial charge < -0.3 is 30.0 Å². The van der Waals surface area contributed by atoms with Gasteiger partial charge >= 0.3 is 12.2 Å². The van der Waals surface area contributed by atoms with Gasteiger partial charge in [-0.25, -0.2) is 19.6 Å². The number of imidazole rings is 2. The molecular formula is C38H42N8O6. The highest BCUT2D eigenvalue weighted by Crippen LogP contribution is 2.47. The van der Waals surface area contributed by atoms with E-state index >= 15 is 0 Å². The Bertz CT molecular complexity index is 1880. The summed E-state index contributed by atoms with van der Waals surface area (Å²) in [6.45, 7) is 1.16. The Morgan fingerprint density at radius 1 is 0.635 bits per heavy atom. The molecule has 2 saturated carbocycles. The van der Waals surface area contributed by atoms with Crippen molar-refractivity contribution in [3.63, 3.8) is 0 Å². The number of hydrogen-bond acceptors (Lipinski definition) is 6. The lowest BCUT2D eigenvalue weighted by molar-refractivity contribution is -0.139. The Kier molecular flexibility index (Phi) is 8.07. The van der Waals surface area contributed by atoms with Crippen molar-refractivity contribution in [1.29, 1.82) is 0 Å². The molecule has 8 rings (SSSR count). The van der Waals surface area contributed by atoms with E-state index in [2.05, 4.69) is 44.2 Å². The van der Waals surface area contributed by atoms with Crippen molar-refractivity contribution in [3.8, 4) is 33.6 Å². The van der Waals surface area contributed by atoms with Crippen LogP contribution in [0, 0.1) is 0 Å². The summed E-state index contributed by atoms with van der Waals surface area (Å²) in [5.41, 5.74) is 3.80. The highest BCUT2D eigenvalue weighted by molar-refractivity contribution is 5.93. The Hall–Kier alpha value is -5.66. The molecule has 2 atom stereocenters. The first-order chi connectivity index (χ1) is 25.0. The van der Waals surface area contributed by atoms with Gasteiger partial charge in [0.2, 0.25) is 11.8 Å². The zero-order valence-corrected chi connectivity index (χ0v) is 29.2. The predicted molar refractivity (Wildman–Crippen MR) is 190 cm³/mol. The molecule has 270 valence electrons. The van der Waals surface area contributed by atoms with Crippen LogP contribution >= 0.6 is 0 Å².